The van der Waals surface area contributed by atoms with Crippen molar-refractivity contribution < 1.29 is 22.8 Å². The number of nitrogens with zero attached hydrogens (tertiary/aromatic N) is 2. The Hall–Kier alpha value is -2.67. The fourth-order valence-electron chi connectivity index (χ4n) is 5.28. The number of amides is 1. The highest BCUT2D eigenvalue weighted by Gasteiger charge is 2.33. The molecule has 182 valence electrons. The zero-order valence-corrected chi connectivity index (χ0v) is 19.8. The highest BCUT2D eigenvalue weighted by Crippen LogP contribution is 2.28. The van der Waals surface area contributed by atoms with Crippen molar-refractivity contribution in [3.05, 3.63) is 70.0 Å². The summed E-state index contributed by atoms with van der Waals surface area (Å²) in [4.78, 5) is 29.7. The minimum atomic E-state index is -0.792. The van der Waals surface area contributed by atoms with Gasteiger partial charge in [-0.15, -0.1) is 0 Å². The Morgan fingerprint density at radius 2 is 1.68 bits per heavy atom. The number of ketones is 1. The maximum absolute atomic E-state index is 14.5. The molecule has 34 heavy (non-hydrogen) atoms. The quantitative estimate of drug-likeness (QED) is 0.552. The van der Waals surface area contributed by atoms with Gasteiger partial charge in [-0.05, 0) is 73.7 Å². The van der Waals surface area contributed by atoms with Crippen molar-refractivity contribution in [1.29, 1.82) is 0 Å². The first-order chi connectivity index (χ1) is 16.2. The number of halogens is 3. The fraction of sp³-hybridized carbons (Fsp3) is 0.481. The van der Waals surface area contributed by atoms with Gasteiger partial charge in [-0.1, -0.05) is 12.8 Å². The van der Waals surface area contributed by atoms with Crippen LogP contribution in [-0.4, -0.2) is 47.2 Å². The standard InChI is InChI=1S/C27H31F3N2O2/c1-17-15-31(9-10-32(17)27(34)19-5-3-4-6-19)16-21-12-23(29)11-20(18(21)2)13-26(33)24-14-22(28)7-8-25(24)30/h7-8,11-12,14,17,19H,3-6,9-10,13,15-16H2,1-2H3/t17-/m0/s1. The Bertz CT molecular complexity index is 1080. The van der Waals surface area contributed by atoms with E-state index in [9.17, 15) is 22.8 Å². The van der Waals surface area contributed by atoms with Crippen LogP contribution in [0.15, 0.2) is 30.3 Å². The Balaban J connectivity index is 1.44. The van der Waals surface area contributed by atoms with Gasteiger partial charge < -0.3 is 4.90 Å². The fourth-order valence-corrected chi connectivity index (χ4v) is 5.28. The largest absolute Gasteiger partial charge is 0.337 e. The summed E-state index contributed by atoms with van der Waals surface area (Å²) in [6.45, 7) is 6.40. The van der Waals surface area contributed by atoms with Gasteiger partial charge in [0.25, 0.3) is 0 Å². The summed E-state index contributed by atoms with van der Waals surface area (Å²) in [5, 5.41) is 0. The smallest absolute Gasteiger partial charge is 0.226 e. The van der Waals surface area contributed by atoms with Gasteiger partial charge >= 0.3 is 0 Å². The van der Waals surface area contributed by atoms with Crippen LogP contribution >= 0.6 is 0 Å². The molecule has 4 nitrogen and oxygen atoms in total. The van der Waals surface area contributed by atoms with Gasteiger partial charge in [0.05, 0.1) is 5.56 Å². The van der Waals surface area contributed by atoms with Crippen molar-refractivity contribution in [1.82, 2.24) is 9.80 Å². The molecule has 0 bridgehead atoms. The van der Waals surface area contributed by atoms with Crippen LogP contribution in [0, 0.1) is 30.3 Å². The number of rotatable bonds is 6. The van der Waals surface area contributed by atoms with Crippen LogP contribution in [0.4, 0.5) is 13.2 Å². The maximum Gasteiger partial charge on any atom is 0.226 e. The van der Waals surface area contributed by atoms with Gasteiger partial charge in [-0.25, -0.2) is 13.2 Å². The molecular formula is C27H31F3N2O2. The third kappa shape index (κ3) is 5.35. The average molecular weight is 473 g/mol. The first kappa shape index (κ1) is 24.5. The number of carbonyl (C=O) groups is 2. The molecule has 1 atom stereocenters. The number of Topliss-reactive ketones (excluding diaryl/α,β-unsaturated/α-hetero) is 1. The first-order valence-corrected chi connectivity index (χ1v) is 12.0. The predicted molar refractivity (Wildman–Crippen MR) is 124 cm³/mol. The van der Waals surface area contributed by atoms with E-state index in [-0.39, 0.29) is 29.9 Å². The van der Waals surface area contributed by atoms with Crippen molar-refractivity contribution in [2.24, 2.45) is 5.92 Å². The molecule has 0 unspecified atom stereocenters. The molecule has 1 aliphatic carbocycles. The van der Waals surface area contributed by atoms with Crippen LogP contribution in [-0.2, 0) is 17.8 Å². The summed E-state index contributed by atoms with van der Waals surface area (Å²) < 4.78 is 42.0. The maximum atomic E-state index is 14.5. The van der Waals surface area contributed by atoms with Gasteiger partial charge in [0, 0.05) is 44.6 Å². The molecule has 1 saturated heterocycles. The lowest BCUT2D eigenvalue weighted by molar-refractivity contribution is -0.140. The number of hydrogen-bond acceptors (Lipinski definition) is 3. The molecule has 2 aromatic carbocycles. The van der Waals surface area contributed by atoms with Crippen LogP contribution in [0.1, 0.15) is 59.7 Å². The van der Waals surface area contributed by atoms with Crippen LogP contribution in [0.2, 0.25) is 0 Å². The molecule has 7 heteroatoms. The van der Waals surface area contributed by atoms with E-state index in [2.05, 4.69) is 11.8 Å². The Morgan fingerprint density at radius 3 is 2.38 bits per heavy atom. The molecule has 2 aliphatic rings. The van der Waals surface area contributed by atoms with E-state index in [1.54, 1.807) is 0 Å². The summed E-state index contributed by atoms with van der Waals surface area (Å²) in [7, 11) is 0. The minimum Gasteiger partial charge on any atom is -0.337 e. The lowest BCUT2D eigenvalue weighted by Crippen LogP contribution is -2.54. The third-order valence-corrected chi connectivity index (χ3v) is 7.26. The second-order valence-corrected chi connectivity index (χ2v) is 9.67. The van der Waals surface area contributed by atoms with Crippen LogP contribution in [0.25, 0.3) is 0 Å². The predicted octanol–water partition coefficient (Wildman–Crippen LogP) is 5.06. The Morgan fingerprint density at radius 1 is 0.971 bits per heavy atom. The summed E-state index contributed by atoms with van der Waals surface area (Å²) in [6, 6.07) is 5.58. The summed E-state index contributed by atoms with van der Waals surface area (Å²) in [6.07, 6.45) is 4.00. The van der Waals surface area contributed by atoms with Crippen molar-refractivity contribution in [2.45, 2.75) is 58.5 Å². The molecule has 0 N–H and O–H groups in total. The van der Waals surface area contributed by atoms with E-state index in [4.69, 9.17) is 0 Å². The van der Waals surface area contributed by atoms with E-state index in [0.29, 0.717) is 31.7 Å². The van der Waals surface area contributed by atoms with Crippen molar-refractivity contribution >= 4 is 11.7 Å². The monoisotopic (exact) mass is 472 g/mol. The second kappa shape index (κ2) is 10.3. The Labute approximate surface area is 198 Å². The highest BCUT2D eigenvalue weighted by atomic mass is 19.1. The lowest BCUT2D eigenvalue weighted by Gasteiger charge is -2.41. The van der Waals surface area contributed by atoms with Crippen LogP contribution in [0.5, 0.6) is 0 Å². The summed E-state index contributed by atoms with van der Waals surface area (Å²) in [5.74, 6) is -2.13. The molecule has 0 aromatic heterocycles. The molecular weight excluding hydrogens is 441 g/mol. The molecule has 1 aliphatic heterocycles. The lowest BCUT2D eigenvalue weighted by atomic mass is 9.95. The normalized spacial score (nSPS) is 19.6. The Kier molecular flexibility index (Phi) is 7.41. The van der Waals surface area contributed by atoms with E-state index >= 15 is 0 Å². The van der Waals surface area contributed by atoms with Crippen LogP contribution in [0.3, 0.4) is 0 Å². The number of hydrogen-bond donors (Lipinski definition) is 0. The third-order valence-electron chi connectivity index (χ3n) is 7.26. The van der Waals surface area contributed by atoms with E-state index in [0.717, 1.165) is 55.0 Å². The number of piperazine rings is 1. The molecule has 0 spiro atoms. The van der Waals surface area contributed by atoms with Crippen molar-refractivity contribution in [2.75, 3.05) is 19.6 Å². The van der Waals surface area contributed by atoms with Crippen LogP contribution < -0.4 is 0 Å². The molecule has 2 aromatic rings. The van der Waals surface area contributed by atoms with E-state index < -0.39 is 23.2 Å². The van der Waals surface area contributed by atoms with Crippen molar-refractivity contribution in [3.8, 4) is 0 Å². The SMILES string of the molecule is Cc1c(CC(=O)c2cc(F)ccc2F)cc(F)cc1CN1CCN(C(=O)C2CCCC2)[C@@H](C)C1. The van der Waals surface area contributed by atoms with E-state index in [1.165, 1.54) is 12.1 Å². The zero-order chi connectivity index (χ0) is 24.4. The van der Waals surface area contributed by atoms with Gasteiger partial charge in [0.2, 0.25) is 5.91 Å². The number of benzene rings is 2. The molecule has 1 saturated carbocycles. The first-order valence-electron chi connectivity index (χ1n) is 12.0. The zero-order valence-electron chi connectivity index (χ0n) is 19.8. The second-order valence-electron chi connectivity index (χ2n) is 9.67. The molecule has 4 rings (SSSR count). The molecule has 1 amide bonds. The topological polar surface area (TPSA) is 40.6 Å². The minimum absolute atomic E-state index is 0.0766. The molecule has 2 fully saturated rings. The van der Waals surface area contributed by atoms with Gasteiger partial charge in [0.15, 0.2) is 5.78 Å². The van der Waals surface area contributed by atoms with Crippen molar-refractivity contribution in [3.63, 3.8) is 0 Å². The highest BCUT2D eigenvalue weighted by molar-refractivity contribution is 5.98. The average Bonchev–Trinajstić information content (AvgIpc) is 3.33. The number of carbonyl (C=O) groups excluding carboxylic acids is 2. The molecule has 1 heterocycles. The van der Waals surface area contributed by atoms with Gasteiger partial charge in [0.1, 0.15) is 17.5 Å². The molecule has 0 radical (unpaired) electrons. The van der Waals surface area contributed by atoms with E-state index in [1.807, 2.05) is 11.8 Å². The summed E-state index contributed by atoms with van der Waals surface area (Å²) in [5.41, 5.74) is 1.66. The summed E-state index contributed by atoms with van der Waals surface area (Å²) >= 11 is 0. The van der Waals surface area contributed by atoms with Gasteiger partial charge in [-0.3, -0.25) is 14.5 Å². The van der Waals surface area contributed by atoms with Gasteiger partial charge in [-0.2, -0.15) is 0 Å².